The van der Waals surface area contributed by atoms with Gasteiger partial charge >= 0.3 is 0 Å². The Morgan fingerprint density at radius 3 is 2.52 bits per heavy atom. The summed E-state index contributed by atoms with van der Waals surface area (Å²) in [5.41, 5.74) is 1.09. The normalized spacial score (nSPS) is 25.3. The van der Waals surface area contributed by atoms with E-state index in [-0.39, 0.29) is 6.10 Å². The predicted octanol–water partition coefficient (Wildman–Crippen LogP) is 2.82. The predicted molar refractivity (Wildman–Crippen MR) is 99.6 cm³/mol. The van der Waals surface area contributed by atoms with E-state index in [9.17, 15) is 5.11 Å². The number of benzene rings is 1. The van der Waals surface area contributed by atoms with Crippen LogP contribution >= 0.6 is 11.6 Å². The smallest absolute Gasteiger partial charge is 0.179 e. The molecule has 2 atom stereocenters. The molecule has 0 radical (unpaired) electrons. The topological polar surface area (TPSA) is 54.0 Å². The van der Waals surface area contributed by atoms with E-state index in [2.05, 4.69) is 10.2 Å². The first-order valence-electron chi connectivity index (χ1n) is 9.18. The van der Waals surface area contributed by atoms with Gasteiger partial charge in [0.25, 0.3) is 0 Å². The van der Waals surface area contributed by atoms with E-state index < -0.39 is 0 Å². The number of nitrogens with zero attached hydrogens (tertiary/aromatic N) is 1. The van der Waals surface area contributed by atoms with Gasteiger partial charge in [0.1, 0.15) is 0 Å². The Balaban J connectivity index is 1.51. The van der Waals surface area contributed by atoms with Crippen LogP contribution in [-0.2, 0) is 6.54 Å². The van der Waals surface area contributed by atoms with Crippen molar-refractivity contribution in [1.82, 2.24) is 10.2 Å². The number of nitrogens with one attached hydrogen (secondary N) is 1. The fourth-order valence-electron chi connectivity index (χ4n) is 4.12. The molecule has 1 saturated heterocycles. The van der Waals surface area contributed by atoms with Gasteiger partial charge in [-0.2, -0.15) is 0 Å². The minimum absolute atomic E-state index is 0.126. The second-order valence-electron chi connectivity index (χ2n) is 7.07. The molecule has 0 bridgehead atoms. The average Bonchev–Trinajstić information content (AvgIpc) is 3.05. The molecule has 0 spiro atoms. The molecule has 1 aromatic rings. The van der Waals surface area contributed by atoms with E-state index in [1.807, 2.05) is 12.1 Å². The number of aliphatic hydroxyl groups is 1. The van der Waals surface area contributed by atoms with Crippen molar-refractivity contribution in [3.8, 4) is 11.5 Å². The fourth-order valence-corrected chi connectivity index (χ4v) is 4.43. The molecule has 6 heteroatoms. The molecule has 5 nitrogen and oxygen atoms in total. The third kappa shape index (κ3) is 4.40. The highest BCUT2D eigenvalue weighted by Crippen LogP contribution is 2.36. The van der Waals surface area contributed by atoms with Gasteiger partial charge in [-0.15, -0.1) is 0 Å². The Hall–Kier alpha value is -1.01. The summed E-state index contributed by atoms with van der Waals surface area (Å²) in [5.74, 6) is 1.24. The second kappa shape index (κ2) is 8.58. The number of hydrogen-bond donors (Lipinski definition) is 2. The van der Waals surface area contributed by atoms with Gasteiger partial charge in [-0.25, -0.2) is 0 Å². The monoisotopic (exact) mass is 368 g/mol. The highest BCUT2D eigenvalue weighted by atomic mass is 35.5. The third-order valence-corrected chi connectivity index (χ3v) is 5.81. The largest absolute Gasteiger partial charge is 0.493 e. The molecule has 2 fully saturated rings. The number of piperidine rings is 1. The van der Waals surface area contributed by atoms with E-state index in [0.29, 0.717) is 28.6 Å². The van der Waals surface area contributed by atoms with E-state index in [0.717, 1.165) is 57.3 Å². The summed E-state index contributed by atoms with van der Waals surface area (Å²) >= 11 is 6.28. The van der Waals surface area contributed by atoms with Crippen LogP contribution in [0.3, 0.4) is 0 Å². The van der Waals surface area contributed by atoms with Crippen molar-refractivity contribution in [2.24, 2.45) is 0 Å². The van der Waals surface area contributed by atoms with Gasteiger partial charge in [-0.3, -0.25) is 4.90 Å². The number of likely N-dealkylation sites (tertiary alicyclic amines) is 1. The quantitative estimate of drug-likeness (QED) is 0.808. The number of methoxy groups -OCH3 is 2. The number of halogens is 1. The van der Waals surface area contributed by atoms with Gasteiger partial charge in [-0.05, 0) is 49.8 Å². The Kier molecular flexibility index (Phi) is 6.44. The van der Waals surface area contributed by atoms with Gasteiger partial charge in [-0.1, -0.05) is 11.6 Å². The number of hydrogen-bond acceptors (Lipinski definition) is 5. The molecule has 1 heterocycles. The molecule has 1 aromatic carbocycles. The highest BCUT2D eigenvalue weighted by molar-refractivity contribution is 6.32. The van der Waals surface area contributed by atoms with Gasteiger partial charge in [0.15, 0.2) is 11.5 Å². The Morgan fingerprint density at radius 2 is 1.92 bits per heavy atom. The number of rotatable bonds is 6. The molecular weight excluding hydrogens is 340 g/mol. The molecule has 0 aromatic heterocycles. The summed E-state index contributed by atoms with van der Waals surface area (Å²) < 4.78 is 10.6. The Labute approximate surface area is 155 Å². The molecule has 0 unspecified atom stereocenters. The van der Waals surface area contributed by atoms with Crippen LogP contribution < -0.4 is 14.8 Å². The summed E-state index contributed by atoms with van der Waals surface area (Å²) in [4.78, 5) is 2.48. The molecule has 25 heavy (non-hydrogen) atoms. The van der Waals surface area contributed by atoms with Crippen molar-refractivity contribution in [2.45, 2.75) is 56.8 Å². The minimum Gasteiger partial charge on any atom is -0.493 e. The molecule has 3 rings (SSSR count). The zero-order valence-electron chi connectivity index (χ0n) is 15.1. The van der Waals surface area contributed by atoms with E-state index in [4.69, 9.17) is 21.1 Å². The molecule has 140 valence electrons. The molecule has 1 aliphatic heterocycles. The van der Waals surface area contributed by atoms with Crippen molar-refractivity contribution in [2.75, 3.05) is 27.3 Å². The molecular formula is C19H29ClN2O3. The summed E-state index contributed by atoms with van der Waals surface area (Å²) in [6.45, 7) is 2.88. The van der Waals surface area contributed by atoms with Crippen LogP contribution in [0.1, 0.15) is 37.7 Å². The summed E-state index contributed by atoms with van der Waals surface area (Å²) in [6, 6.07) is 4.79. The standard InChI is InChI=1S/C19H29ClN2O3/c1-24-18-11-13(10-15(20)19(18)25-2)12-21-14-6-8-22(9-7-14)16-4-3-5-17(16)23/h10-11,14,16-17,21,23H,3-9,12H2,1-2H3/t16-,17+/m1/s1. The number of aliphatic hydroxyl groups excluding tert-OH is 1. The molecule has 1 saturated carbocycles. The lowest BCUT2D eigenvalue weighted by Crippen LogP contribution is -2.48. The molecule has 0 amide bonds. The maximum absolute atomic E-state index is 10.1. The van der Waals surface area contributed by atoms with Crippen LogP contribution in [0.25, 0.3) is 0 Å². The molecule has 2 aliphatic rings. The van der Waals surface area contributed by atoms with Crippen LogP contribution in [0.4, 0.5) is 0 Å². The van der Waals surface area contributed by atoms with Crippen LogP contribution in [0.15, 0.2) is 12.1 Å². The first-order valence-corrected chi connectivity index (χ1v) is 9.56. The third-order valence-electron chi connectivity index (χ3n) is 5.53. The summed E-state index contributed by atoms with van der Waals surface area (Å²) in [6.07, 6.45) is 5.36. The Morgan fingerprint density at radius 1 is 1.16 bits per heavy atom. The first kappa shape index (κ1) is 18.8. The van der Waals surface area contributed by atoms with Gasteiger partial charge in [0.2, 0.25) is 0 Å². The van der Waals surface area contributed by atoms with Crippen LogP contribution in [0.2, 0.25) is 5.02 Å². The van der Waals surface area contributed by atoms with E-state index >= 15 is 0 Å². The lowest BCUT2D eigenvalue weighted by Gasteiger charge is -2.37. The van der Waals surface area contributed by atoms with Gasteiger partial charge < -0.3 is 19.9 Å². The van der Waals surface area contributed by atoms with Crippen molar-refractivity contribution < 1.29 is 14.6 Å². The Bertz CT molecular complexity index is 576. The zero-order valence-corrected chi connectivity index (χ0v) is 15.9. The van der Waals surface area contributed by atoms with Crippen molar-refractivity contribution in [1.29, 1.82) is 0 Å². The lowest BCUT2D eigenvalue weighted by molar-refractivity contribution is 0.0526. The van der Waals surface area contributed by atoms with Gasteiger partial charge in [0, 0.05) is 31.7 Å². The lowest BCUT2D eigenvalue weighted by atomic mass is 10.0. The number of ether oxygens (including phenoxy) is 2. The van der Waals surface area contributed by atoms with Crippen molar-refractivity contribution in [3.05, 3.63) is 22.7 Å². The molecule has 2 N–H and O–H groups in total. The SMILES string of the molecule is COc1cc(CNC2CCN([C@@H]3CCC[C@@H]3O)CC2)cc(Cl)c1OC. The minimum atomic E-state index is -0.126. The molecule has 1 aliphatic carbocycles. The zero-order chi connectivity index (χ0) is 17.8. The van der Waals surface area contributed by atoms with Gasteiger partial charge in [0.05, 0.1) is 25.3 Å². The fraction of sp³-hybridized carbons (Fsp3) is 0.684. The average molecular weight is 369 g/mol. The summed E-state index contributed by atoms with van der Waals surface area (Å²) in [5, 5.41) is 14.3. The van der Waals surface area contributed by atoms with E-state index in [1.54, 1.807) is 14.2 Å². The first-order chi connectivity index (χ1) is 12.1. The maximum Gasteiger partial charge on any atom is 0.179 e. The van der Waals surface area contributed by atoms with Crippen molar-refractivity contribution >= 4 is 11.6 Å². The highest BCUT2D eigenvalue weighted by Gasteiger charge is 2.32. The second-order valence-corrected chi connectivity index (χ2v) is 7.48. The summed E-state index contributed by atoms with van der Waals surface area (Å²) in [7, 11) is 3.22. The van der Waals surface area contributed by atoms with Crippen LogP contribution in [-0.4, -0.2) is 55.5 Å². The maximum atomic E-state index is 10.1. The van der Waals surface area contributed by atoms with Crippen LogP contribution in [0.5, 0.6) is 11.5 Å². The van der Waals surface area contributed by atoms with Crippen molar-refractivity contribution in [3.63, 3.8) is 0 Å². The van der Waals surface area contributed by atoms with E-state index in [1.165, 1.54) is 0 Å². The van der Waals surface area contributed by atoms with Crippen LogP contribution in [0, 0.1) is 0 Å².